The molecular formula is C20H29F2N5O. The molecule has 1 heterocycles. The molecule has 0 atom stereocenters. The van der Waals surface area contributed by atoms with Crippen LogP contribution >= 0.6 is 0 Å². The lowest BCUT2D eigenvalue weighted by atomic mass is 9.92. The maximum absolute atomic E-state index is 13.4. The Morgan fingerprint density at radius 3 is 2.50 bits per heavy atom. The molecule has 6 nitrogen and oxygen atoms in total. The normalized spacial score (nSPS) is 27.1. The van der Waals surface area contributed by atoms with Gasteiger partial charge in [-0.1, -0.05) is 25.8 Å². The van der Waals surface area contributed by atoms with Crippen LogP contribution in [-0.2, 0) is 4.79 Å². The van der Waals surface area contributed by atoms with Gasteiger partial charge in [0.25, 0.3) is 5.91 Å². The van der Waals surface area contributed by atoms with Crippen LogP contribution in [0.1, 0.15) is 57.8 Å². The number of amidine groups is 1. The van der Waals surface area contributed by atoms with Crippen LogP contribution in [0.5, 0.6) is 0 Å². The van der Waals surface area contributed by atoms with Crippen molar-refractivity contribution in [3.8, 4) is 0 Å². The van der Waals surface area contributed by atoms with E-state index in [1.165, 1.54) is 12.3 Å². The molecule has 5 N–H and O–H groups in total. The topological polar surface area (TPSA) is 96.7 Å². The molecule has 28 heavy (non-hydrogen) atoms. The molecule has 0 saturated heterocycles. The highest BCUT2D eigenvalue weighted by Crippen LogP contribution is 2.33. The van der Waals surface area contributed by atoms with Gasteiger partial charge in [0.1, 0.15) is 11.7 Å². The van der Waals surface area contributed by atoms with Crippen LogP contribution in [0.3, 0.4) is 0 Å². The maximum Gasteiger partial charge on any atom is 0.254 e. The van der Waals surface area contributed by atoms with Crippen LogP contribution < -0.4 is 16.8 Å². The second-order valence-corrected chi connectivity index (χ2v) is 7.84. The van der Waals surface area contributed by atoms with E-state index in [0.717, 1.165) is 32.1 Å². The Balaban J connectivity index is 1.80. The van der Waals surface area contributed by atoms with E-state index in [9.17, 15) is 13.6 Å². The van der Waals surface area contributed by atoms with Crippen molar-refractivity contribution in [3.63, 3.8) is 0 Å². The van der Waals surface area contributed by atoms with Gasteiger partial charge in [-0.2, -0.15) is 0 Å². The summed E-state index contributed by atoms with van der Waals surface area (Å²) in [6, 6.07) is -0.0717. The SMILES string of the molecule is C=C(/N=C1\C(=C/N)C(N)=CC(=O)N1C1CCCCC1)NC1CCC(F)(F)CC1. The van der Waals surface area contributed by atoms with Gasteiger partial charge in [0.15, 0.2) is 0 Å². The monoisotopic (exact) mass is 393 g/mol. The summed E-state index contributed by atoms with van der Waals surface area (Å²) >= 11 is 0. The van der Waals surface area contributed by atoms with Gasteiger partial charge in [0, 0.05) is 42.9 Å². The van der Waals surface area contributed by atoms with E-state index in [-0.39, 0.29) is 36.5 Å². The van der Waals surface area contributed by atoms with Crippen molar-refractivity contribution in [3.05, 3.63) is 35.9 Å². The second-order valence-electron chi connectivity index (χ2n) is 7.84. The Bertz CT molecular complexity index is 712. The van der Waals surface area contributed by atoms with Crippen molar-refractivity contribution < 1.29 is 13.6 Å². The average Bonchev–Trinajstić information content (AvgIpc) is 2.64. The Kier molecular flexibility index (Phi) is 6.05. The molecule has 0 radical (unpaired) electrons. The molecule has 0 aromatic heterocycles. The molecule has 3 rings (SSSR count). The highest BCUT2D eigenvalue weighted by molar-refractivity contribution is 6.17. The molecule has 0 unspecified atom stereocenters. The van der Waals surface area contributed by atoms with E-state index in [2.05, 4.69) is 16.9 Å². The summed E-state index contributed by atoms with van der Waals surface area (Å²) in [7, 11) is 0. The number of hydrogen-bond acceptors (Lipinski definition) is 5. The molecular weight excluding hydrogens is 364 g/mol. The standard InChI is InChI=1S/C20H29F2N5O/c1-13(25-14-7-9-20(21,22)10-8-14)26-19-16(12-23)17(24)11-18(28)27(19)15-5-3-2-4-6-15/h11-12,14-15,25H,1-10,23-24H2/b16-12-,26-19+. The molecule has 0 aromatic carbocycles. The fourth-order valence-corrected chi connectivity index (χ4v) is 4.20. The third-order valence-corrected chi connectivity index (χ3v) is 5.73. The third-order valence-electron chi connectivity index (χ3n) is 5.73. The van der Waals surface area contributed by atoms with Gasteiger partial charge in [-0.05, 0) is 25.7 Å². The minimum Gasteiger partial charge on any atom is -0.404 e. The second kappa shape index (κ2) is 8.32. The van der Waals surface area contributed by atoms with Crippen molar-refractivity contribution in [2.45, 2.75) is 75.8 Å². The number of nitrogens with one attached hydrogen (secondary N) is 1. The molecule has 2 aliphatic carbocycles. The minimum atomic E-state index is -2.59. The Hall–Kier alpha value is -2.38. The molecule has 2 saturated carbocycles. The van der Waals surface area contributed by atoms with Crippen LogP contribution in [0.2, 0.25) is 0 Å². The fraction of sp³-hybridized carbons (Fsp3) is 0.600. The lowest BCUT2D eigenvalue weighted by Crippen LogP contribution is -2.49. The van der Waals surface area contributed by atoms with Gasteiger partial charge in [0.05, 0.1) is 5.57 Å². The van der Waals surface area contributed by atoms with Crippen molar-refractivity contribution >= 4 is 11.7 Å². The third kappa shape index (κ3) is 4.54. The highest BCUT2D eigenvalue weighted by atomic mass is 19.3. The molecule has 1 amide bonds. The largest absolute Gasteiger partial charge is 0.404 e. The van der Waals surface area contributed by atoms with Crippen LogP contribution in [0.4, 0.5) is 8.78 Å². The van der Waals surface area contributed by atoms with Gasteiger partial charge in [-0.15, -0.1) is 0 Å². The molecule has 1 aliphatic heterocycles. The van der Waals surface area contributed by atoms with Gasteiger partial charge in [-0.3, -0.25) is 9.69 Å². The van der Waals surface area contributed by atoms with Crippen molar-refractivity contribution in [2.24, 2.45) is 16.5 Å². The first-order valence-electron chi connectivity index (χ1n) is 9.96. The average molecular weight is 393 g/mol. The Morgan fingerprint density at radius 2 is 1.89 bits per heavy atom. The number of rotatable bonds is 4. The molecule has 8 heteroatoms. The summed E-state index contributed by atoms with van der Waals surface area (Å²) in [4.78, 5) is 18.9. The summed E-state index contributed by atoms with van der Waals surface area (Å²) in [5.41, 5.74) is 12.5. The first-order valence-corrected chi connectivity index (χ1v) is 9.96. The summed E-state index contributed by atoms with van der Waals surface area (Å²) < 4.78 is 26.7. The van der Waals surface area contributed by atoms with Crippen LogP contribution in [0, 0.1) is 0 Å². The van der Waals surface area contributed by atoms with Crippen molar-refractivity contribution in [1.82, 2.24) is 10.2 Å². The number of hydrogen-bond donors (Lipinski definition) is 3. The van der Waals surface area contributed by atoms with Crippen molar-refractivity contribution in [1.29, 1.82) is 0 Å². The molecule has 0 bridgehead atoms. The minimum absolute atomic E-state index is 0.0421. The Labute approximate surface area is 164 Å². The predicted octanol–water partition coefficient (Wildman–Crippen LogP) is 2.88. The number of nitrogens with two attached hydrogens (primary N) is 2. The molecule has 2 fully saturated rings. The lowest BCUT2D eigenvalue weighted by Gasteiger charge is -2.37. The molecule has 3 aliphatic rings. The lowest BCUT2D eigenvalue weighted by molar-refractivity contribution is -0.124. The summed E-state index contributed by atoms with van der Waals surface area (Å²) in [5.74, 6) is -2.09. The number of alkyl halides is 2. The molecule has 0 spiro atoms. The van der Waals surface area contributed by atoms with E-state index < -0.39 is 5.92 Å². The maximum atomic E-state index is 13.4. The number of nitrogens with zero attached hydrogens (tertiary/aromatic N) is 2. The van der Waals surface area contributed by atoms with E-state index in [1.54, 1.807) is 4.90 Å². The summed E-state index contributed by atoms with van der Waals surface area (Å²) in [6.45, 7) is 3.93. The number of aliphatic imine (C=N–C) groups is 1. The van der Waals surface area contributed by atoms with E-state index in [0.29, 0.717) is 30.1 Å². The van der Waals surface area contributed by atoms with Crippen LogP contribution in [-0.4, -0.2) is 34.6 Å². The molecule has 0 aromatic rings. The van der Waals surface area contributed by atoms with E-state index in [4.69, 9.17) is 11.5 Å². The number of halogens is 2. The van der Waals surface area contributed by atoms with Gasteiger partial charge >= 0.3 is 0 Å². The highest BCUT2D eigenvalue weighted by Gasteiger charge is 2.36. The quantitative estimate of drug-likeness (QED) is 0.684. The predicted molar refractivity (Wildman–Crippen MR) is 105 cm³/mol. The van der Waals surface area contributed by atoms with Crippen LogP contribution in [0.25, 0.3) is 0 Å². The summed E-state index contributed by atoms with van der Waals surface area (Å²) in [5, 5.41) is 3.12. The van der Waals surface area contributed by atoms with Gasteiger partial charge in [0.2, 0.25) is 5.92 Å². The molecule has 154 valence electrons. The summed E-state index contributed by atoms with van der Waals surface area (Å²) in [6.07, 6.45) is 8.19. The zero-order valence-electron chi connectivity index (χ0n) is 16.1. The first-order chi connectivity index (χ1) is 13.3. The van der Waals surface area contributed by atoms with E-state index >= 15 is 0 Å². The van der Waals surface area contributed by atoms with Crippen molar-refractivity contribution in [2.75, 3.05) is 0 Å². The van der Waals surface area contributed by atoms with E-state index in [1.807, 2.05) is 0 Å². The Morgan fingerprint density at radius 1 is 1.25 bits per heavy atom. The van der Waals surface area contributed by atoms with Crippen LogP contribution in [0.15, 0.2) is 40.9 Å². The zero-order chi connectivity index (χ0) is 20.3. The number of amides is 1. The number of carbonyl (C=O) groups excluding carboxylic acids is 1. The van der Waals surface area contributed by atoms with Gasteiger partial charge in [-0.25, -0.2) is 13.8 Å². The number of carbonyl (C=O) groups is 1. The smallest absolute Gasteiger partial charge is 0.254 e. The first kappa shape index (κ1) is 20.4. The van der Waals surface area contributed by atoms with Gasteiger partial charge < -0.3 is 16.8 Å². The fourth-order valence-electron chi connectivity index (χ4n) is 4.20. The zero-order valence-corrected chi connectivity index (χ0v) is 16.1.